The van der Waals surface area contributed by atoms with Gasteiger partial charge in [0, 0.05) is 30.3 Å². The lowest BCUT2D eigenvalue weighted by Gasteiger charge is -2.21. The molecular formula is C24H22ClN7. The van der Waals surface area contributed by atoms with E-state index in [0.29, 0.717) is 41.2 Å². The van der Waals surface area contributed by atoms with Gasteiger partial charge in [-0.2, -0.15) is 5.26 Å². The molecule has 8 heteroatoms. The van der Waals surface area contributed by atoms with E-state index in [-0.39, 0.29) is 0 Å². The quantitative estimate of drug-likeness (QED) is 0.518. The topological polar surface area (TPSA) is 82.5 Å². The van der Waals surface area contributed by atoms with Crippen molar-refractivity contribution >= 4 is 34.4 Å². The predicted octanol–water partition coefficient (Wildman–Crippen LogP) is 4.94. The van der Waals surface area contributed by atoms with Gasteiger partial charge in [-0.3, -0.25) is 0 Å². The minimum Gasteiger partial charge on any atom is -0.371 e. The monoisotopic (exact) mass is 443 g/mol. The smallest absolute Gasteiger partial charge is 0.204 e. The molecule has 0 bridgehead atoms. The molecule has 1 aromatic heterocycles. The SMILES string of the molecule is CCN(CCC#N)c1ccc(/N=C2/C(c3ccccc3Cl)=Nn3nc(C4CC4)nc32)cc1. The van der Waals surface area contributed by atoms with Gasteiger partial charge < -0.3 is 4.90 Å². The summed E-state index contributed by atoms with van der Waals surface area (Å²) in [6, 6.07) is 17.8. The number of rotatable bonds is 7. The predicted molar refractivity (Wildman–Crippen MR) is 126 cm³/mol. The minimum absolute atomic E-state index is 0.432. The van der Waals surface area contributed by atoms with Gasteiger partial charge in [-0.05, 0) is 50.1 Å². The van der Waals surface area contributed by atoms with Gasteiger partial charge in [0.15, 0.2) is 5.82 Å². The van der Waals surface area contributed by atoms with E-state index in [1.54, 1.807) is 4.79 Å². The number of fused-ring (bicyclic) bond motifs is 1. The molecule has 5 rings (SSSR count). The summed E-state index contributed by atoms with van der Waals surface area (Å²) in [5, 5.41) is 18.8. The van der Waals surface area contributed by atoms with Crippen molar-refractivity contribution < 1.29 is 0 Å². The highest BCUT2D eigenvalue weighted by molar-refractivity contribution is 6.56. The average molecular weight is 444 g/mol. The molecule has 0 N–H and O–H groups in total. The van der Waals surface area contributed by atoms with Crippen molar-refractivity contribution in [3.63, 3.8) is 0 Å². The fourth-order valence-electron chi connectivity index (χ4n) is 3.76. The van der Waals surface area contributed by atoms with Crippen molar-refractivity contribution in [3.8, 4) is 6.07 Å². The molecule has 2 aromatic carbocycles. The van der Waals surface area contributed by atoms with E-state index >= 15 is 0 Å². The number of halogens is 1. The highest BCUT2D eigenvalue weighted by Crippen LogP contribution is 2.38. The Balaban J connectivity index is 1.52. The van der Waals surface area contributed by atoms with Crippen LogP contribution < -0.4 is 4.90 Å². The van der Waals surface area contributed by atoms with E-state index in [4.69, 9.17) is 26.8 Å². The third kappa shape index (κ3) is 3.90. The number of nitriles is 1. The molecule has 2 aliphatic rings. The lowest BCUT2D eigenvalue weighted by Crippen LogP contribution is -2.23. The van der Waals surface area contributed by atoms with Crippen molar-refractivity contribution in [3.05, 3.63) is 70.8 Å². The summed E-state index contributed by atoms with van der Waals surface area (Å²) in [5.74, 6) is 1.91. The van der Waals surface area contributed by atoms with Gasteiger partial charge in [0.1, 0.15) is 11.4 Å². The zero-order chi connectivity index (χ0) is 22.1. The highest BCUT2D eigenvalue weighted by Gasteiger charge is 2.34. The molecular weight excluding hydrogens is 422 g/mol. The second-order valence-corrected chi connectivity index (χ2v) is 8.26. The van der Waals surface area contributed by atoms with Crippen molar-refractivity contribution in [2.75, 3.05) is 18.0 Å². The number of benzene rings is 2. The first-order valence-electron chi connectivity index (χ1n) is 10.8. The molecule has 1 aliphatic heterocycles. The molecule has 7 nitrogen and oxygen atoms in total. The van der Waals surface area contributed by atoms with Crippen LogP contribution in [-0.4, -0.2) is 39.4 Å². The van der Waals surface area contributed by atoms with E-state index in [1.807, 2.05) is 48.5 Å². The first-order chi connectivity index (χ1) is 15.7. The van der Waals surface area contributed by atoms with Crippen LogP contribution in [0.15, 0.2) is 58.6 Å². The lowest BCUT2D eigenvalue weighted by molar-refractivity contribution is 0.726. The number of aromatic nitrogens is 3. The number of hydrogen-bond donors (Lipinski definition) is 0. The normalized spacial score (nSPS) is 16.0. The van der Waals surface area contributed by atoms with Crippen molar-refractivity contribution in [1.29, 1.82) is 5.26 Å². The van der Waals surface area contributed by atoms with Gasteiger partial charge in [0.25, 0.3) is 0 Å². The summed E-state index contributed by atoms with van der Waals surface area (Å²) in [6.07, 6.45) is 2.74. The molecule has 0 amide bonds. The zero-order valence-corrected chi connectivity index (χ0v) is 18.5. The Morgan fingerprint density at radius 3 is 2.66 bits per heavy atom. The minimum atomic E-state index is 0.432. The third-order valence-electron chi connectivity index (χ3n) is 5.64. The molecule has 3 aromatic rings. The molecule has 1 aliphatic carbocycles. The molecule has 1 fully saturated rings. The first kappa shape index (κ1) is 20.4. The second-order valence-electron chi connectivity index (χ2n) is 7.85. The standard InChI is InChI=1S/C24H22ClN7/c1-2-31(15-5-14-26)18-12-10-17(11-13-18)27-22-21(19-6-3-4-7-20(19)25)29-32-24(22)28-23(30-32)16-8-9-16/h3-4,6-7,10-13,16H,2,5,8-9,15H2,1H3/b27-22-. The summed E-state index contributed by atoms with van der Waals surface area (Å²) in [5.41, 5.74) is 4.00. The van der Waals surface area contributed by atoms with Crippen molar-refractivity contribution in [1.82, 2.24) is 14.9 Å². The molecule has 0 unspecified atom stereocenters. The van der Waals surface area contributed by atoms with E-state index in [0.717, 1.165) is 42.1 Å². The Hall–Kier alpha value is -3.50. The largest absolute Gasteiger partial charge is 0.371 e. The summed E-state index contributed by atoms with van der Waals surface area (Å²) < 4.78 is 0. The van der Waals surface area contributed by atoms with Crippen LogP contribution in [0, 0.1) is 11.3 Å². The van der Waals surface area contributed by atoms with Crippen molar-refractivity contribution in [2.24, 2.45) is 10.1 Å². The molecule has 2 heterocycles. The van der Waals surface area contributed by atoms with E-state index < -0.39 is 0 Å². The Bertz CT molecular complexity index is 1250. The zero-order valence-electron chi connectivity index (χ0n) is 17.7. The van der Waals surface area contributed by atoms with Gasteiger partial charge in [-0.15, -0.1) is 15.0 Å². The van der Waals surface area contributed by atoms with Gasteiger partial charge in [0.05, 0.1) is 23.2 Å². The highest BCUT2D eigenvalue weighted by atomic mass is 35.5. The van der Waals surface area contributed by atoms with Crippen LogP contribution in [0.25, 0.3) is 0 Å². The van der Waals surface area contributed by atoms with Crippen molar-refractivity contribution in [2.45, 2.75) is 32.1 Å². The third-order valence-corrected chi connectivity index (χ3v) is 5.97. The Labute approximate surface area is 191 Å². The number of anilines is 1. The maximum Gasteiger partial charge on any atom is 0.204 e. The fourth-order valence-corrected chi connectivity index (χ4v) is 3.98. The van der Waals surface area contributed by atoms with Crippen LogP contribution >= 0.6 is 11.6 Å². The molecule has 0 saturated heterocycles. The van der Waals surface area contributed by atoms with E-state index in [1.165, 1.54) is 0 Å². The van der Waals surface area contributed by atoms with Crippen LogP contribution in [0.3, 0.4) is 0 Å². The van der Waals surface area contributed by atoms with E-state index in [2.05, 4.69) is 28.1 Å². The van der Waals surface area contributed by atoms with Gasteiger partial charge >= 0.3 is 0 Å². The number of nitrogens with zero attached hydrogens (tertiary/aromatic N) is 7. The summed E-state index contributed by atoms with van der Waals surface area (Å²) in [7, 11) is 0. The number of hydrogen-bond acceptors (Lipinski definition) is 6. The average Bonchev–Trinajstić information content (AvgIpc) is 3.50. The molecule has 32 heavy (non-hydrogen) atoms. The van der Waals surface area contributed by atoms with Crippen LogP contribution in [0.4, 0.5) is 11.4 Å². The number of aliphatic imine (C=N–C) groups is 1. The molecule has 0 atom stereocenters. The van der Waals surface area contributed by atoms with Gasteiger partial charge in [-0.1, -0.05) is 29.8 Å². The summed E-state index contributed by atoms with van der Waals surface area (Å²) >= 11 is 6.47. The van der Waals surface area contributed by atoms with Crippen LogP contribution in [0.1, 0.15) is 49.3 Å². The Morgan fingerprint density at radius 1 is 1.19 bits per heavy atom. The van der Waals surface area contributed by atoms with Gasteiger partial charge in [0.2, 0.25) is 5.82 Å². The van der Waals surface area contributed by atoms with Crippen LogP contribution in [0.5, 0.6) is 0 Å². The Kier molecular flexibility index (Phi) is 5.46. The molecule has 0 spiro atoms. The fraction of sp³-hybridized carbons (Fsp3) is 0.292. The summed E-state index contributed by atoms with van der Waals surface area (Å²) in [4.78, 5) is 13.4. The molecule has 0 radical (unpaired) electrons. The van der Waals surface area contributed by atoms with Crippen LogP contribution in [-0.2, 0) is 0 Å². The second kappa shape index (κ2) is 8.56. The maximum absolute atomic E-state index is 8.89. The Morgan fingerprint density at radius 2 is 1.97 bits per heavy atom. The van der Waals surface area contributed by atoms with E-state index in [9.17, 15) is 0 Å². The summed E-state index contributed by atoms with van der Waals surface area (Å²) in [6.45, 7) is 3.63. The van der Waals surface area contributed by atoms with Gasteiger partial charge in [-0.25, -0.2) is 9.98 Å². The first-order valence-corrected chi connectivity index (χ1v) is 11.2. The molecule has 160 valence electrons. The van der Waals surface area contributed by atoms with Crippen LogP contribution in [0.2, 0.25) is 5.02 Å². The molecule has 1 saturated carbocycles. The maximum atomic E-state index is 8.89. The lowest BCUT2D eigenvalue weighted by atomic mass is 10.1.